The first-order chi connectivity index (χ1) is 14.0. The van der Waals surface area contributed by atoms with E-state index in [1.165, 1.54) is 31.2 Å². The summed E-state index contributed by atoms with van der Waals surface area (Å²) in [6.45, 7) is 1.54. The Hall–Kier alpha value is -3.67. The summed E-state index contributed by atoms with van der Waals surface area (Å²) >= 11 is 0. The van der Waals surface area contributed by atoms with E-state index in [-0.39, 0.29) is 5.91 Å². The van der Waals surface area contributed by atoms with Gasteiger partial charge in [0.15, 0.2) is 6.10 Å². The molecule has 0 spiro atoms. The van der Waals surface area contributed by atoms with Crippen molar-refractivity contribution in [3.8, 4) is 5.75 Å². The number of hydrogen-bond acceptors (Lipinski definition) is 3. The molecule has 0 aliphatic carbocycles. The minimum absolute atomic E-state index is 0.354. The van der Waals surface area contributed by atoms with Gasteiger partial charge in [0.2, 0.25) is 5.91 Å². The van der Waals surface area contributed by atoms with E-state index in [1.807, 2.05) is 60.7 Å². The van der Waals surface area contributed by atoms with Gasteiger partial charge in [0.05, 0.1) is 5.92 Å². The average Bonchev–Trinajstić information content (AvgIpc) is 2.75. The maximum absolute atomic E-state index is 13.0. The molecule has 0 bridgehead atoms. The summed E-state index contributed by atoms with van der Waals surface area (Å²) in [5.41, 5.74) is 6.49. The second-order valence-electron chi connectivity index (χ2n) is 6.45. The van der Waals surface area contributed by atoms with Gasteiger partial charge in [-0.2, -0.15) is 0 Å². The summed E-state index contributed by atoms with van der Waals surface area (Å²) < 4.78 is 18.4. The van der Waals surface area contributed by atoms with Crippen LogP contribution in [0.15, 0.2) is 84.9 Å². The Balaban J connectivity index is 1.65. The third-order valence-corrected chi connectivity index (χ3v) is 4.33. The Kier molecular flexibility index (Phi) is 6.58. The molecule has 0 saturated carbocycles. The minimum atomic E-state index is -0.882. The van der Waals surface area contributed by atoms with Crippen molar-refractivity contribution in [1.82, 2.24) is 10.9 Å². The molecular weight excluding hydrogens is 371 g/mol. The van der Waals surface area contributed by atoms with Crippen LogP contribution in [0.2, 0.25) is 0 Å². The lowest BCUT2D eigenvalue weighted by Gasteiger charge is -2.19. The number of carbonyl (C=O) groups is 2. The predicted molar refractivity (Wildman–Crippen MR) is 108 cm³/mol. The van der Waals surface area contributed by atoms with E-state index < -0.39 is 23.7 Å². The summed E-state index contributed by atoms with van der Waals surface area (Å²) in [5, 5.41) is 0. The van der Waals surface area contributed by atoms with Crippen molar-refractivity contribution in [2.45, 2.75) is 18.9 Å². The quantitative estimate of drug-likeness (QED) is 0.630. The highest BCUT2D eigenvalue weighted by molar-refractivity contribution is 5.90. The van der Waals surface area contributed by atoms with Gasteiger partial charge in [0.25, 0.3) is 5.91 Å². The minimum Gasteiger partial charge on any atom is -0.481 e. The second-order valence-corrected chi connectivity index (χ2v) is 6.45. The molecule has 2 amide bonds. The molecule has 3 aromatic rings. The molecule has 0 fully saturated rings. The molecule has 0 saturated heterocycles. The molecule has 0 heterocycles. The van der Waals surface area contributed by atoms with E-state index in [0.29, 0.717) is 5.75 Å². The Bertz CT molecular complexity index is 907. The van der Waals surface area contributed by atoms with Gasteiger partial charge in [-0.25, -0.2) is 4.39 Å². The highest BCUT2D eigenvalue weighted by Gasteiger charge is 2.24. The molecule has 6 heteroatoms. The molecule has 3 rings (SSSR count). The van der Waals surface area contributed by atoms with E-state index in [1.54, 1.807) is 0 Å². The first kappa shape index (κ1) is 20.1. The average molecular weight is 392 g/mol. The van der Waals surface area contributed by atoms with Crippen LogP contribution >= 0.6 is 0 Å². The molecule has 148 valence electrons. The van der Waals surface area contributed by atoms with Gasteiger partial charge in [-0.15, -0.1) is 0 Å². The van der Waals surface area contributed by atoms with Crippen LogP contribution in [0, 0.1) is 5.82 Å². The largest absolute Gasteiger partial charge is 0.481 e. The van der Waals surface area contributed by atoms with Crippen molar-refractivity contribution in [2.75, 3.05) is 0 Å². The fourth-order valence-corrected chi connectivity index (χ4v) is 2.85. The molecule has 0 radical (unpaired) electrons. The Labute approximate surface area is 168 Å². The maximum Gasteiger partial charge on any atom is 0.279 e. The van der Waals surface area contributed by atoms with Gasteiger partial charge < -0.3 is 4.74 Å². The molecule has 1 unspecified atom stereocenters. The molecule has 1 atom stereocenters. The number of rotatable bonds is 6. The topological polar surface area (TPSA) is 67.4 Å². The second kappa shape index (κ2) is 9.50. The van der Waals surface area contributed by atoms with Gasteiger partial charge in [-0.3, -0.25) is 20.4 Å². The zero-order chi connectivity index (χ0) is 20.6. The van der Waals surface area contributed by atoms with E-state index >= 15 is 0 Å². The van der Waals surface area contributed by atoms with Gasteiger partial charge in [0.1, 0.15) is 11.6 Å². The standard InChI is InChI=1S/C23H21FN2O3/c1-16(29-20-14-12-19(24)13-15-20)22(27)25-26-23(28)21(17-8-4-2-5-9-17)18-10-6-3-7-11-18/h2-16,21H,1H3,(H,25,27)(H,26,28). The molecule has 3 aromatic carbocycles. The van der Waals surface area contributed by atoms with E-state index in [2.05, 4.69) is 10.9 Å². The highest BCUT2D eigenvalue weighted by Crippen LogP contribution is 2.24. The zero-order valence-corrected chi connectivity index (χ0v) is 15.8. The number of hydrazine groups is 1. The number of amides is 2. The number of halogens is 1. The summed E-state index contributed by atoms with van der Waals surface area (Å²) in [4.78, 5) is 25.1. The maximum atomic E-state index is 13.0. The van der Waals surface area contributed by atoms with Crippen LogP contribution < -0.4 is 15.6 Å². The van der Waals surface area contributed by atoms with Crippen molar-refractivity contribution in [1.29, 1.82) is 0 Å². The molecule has 0 aliphatic rings. The fourth-order valence-electron chi connectivity index (χ4n) is 2.85. The number of ether oxygens (including phenoxy) is 1. The van der Waals surface area contributed by atoms with Gasteiger partial charge in [-0.1, -0.05) is 60.7 Å². The van der Waals surface area contributed by atoms with Gasteiger partial charge in [0, 0.05) is 0 Å². The molecule has 2 N–H and O–H groups in total. The van der Waals surface area contributed by atoms with Crippen molar-refractivity contribution in [2.24, 2.45) is 0 Å². The lowest BCUT2D eigenvalue weighted by Crippen LogP contribution is -2.48. The number of nitrogens with one attached hydrogen (secondary N) is 2. The highest BCUT2D eigenvalue weighted by atomic mass is 19.1. The van der Waals surface area contributed by atoms with Crippen LogP contribution in [0.1, 0.15) is 24.0 Å². The van der Waals surface area contributed by atoms with Crippen molar-refractivity contribution in [3.63, 3.8) is 0 Å². The molecule has 29 heavy (non-hydrogen) atoms. The summed E-state index contributed by atoms with van der Waals surface area (Å²) in [6.07, 6.45) is -0.882. The monoisotopic (exact) mass is 392 g/mol. The van der Waals surface area contributed by atoms with Crippen molar-refractivity contribution in [3.05, 3.63) is 102 Å². The molecule has 0 aliphatic heterocycles. The van der Waals surface area contributed by atoms with Crippen molar-refractivity contribution < 1.29 is 18.7 Å². The van der Waals surface area contributed by atoms with E-state index in [0.717, 1.165) is 11.1 Å². The van der Waals surface area contributed by atoms with E-state index in [4.69, 9.17) is 4.74 Å². The number of carbonyl (C=O) groups excluding carboxylic acids is 2. The van der Waals surface area contributed by atoms with Crippen LogP contribution in [0.3, 0.4) is 0 Å². The number of hydrogen-bond donors (Lipinski definition) is 2. The third kappa shape index (κ3) is 5.42. The van der Waals surface area contributed by atoms with Gasteiger partial charge in [-0.05, 0) is 42.3 Å². The smallest absolute Gasteiger partial charge is 0.279 e. The lowest BCUT2D eigenvalue weighted by molar-refractivity contribution is -0.133. The summed E-state index contributed by atoms with van der Waals surface area (Å²) in [7, 11) is 0. The fraction of sp³-hybridized carbons (Fsp3) is 0.130. The summed E-state index contributed by atoms with van der Waals surface area (Å²) in [5.74, 6) is -1.51. The lowest BCUT2D eigenvalue weighted by atomic mass is 9.91. The van der Waals surface area contributed by atoms with E-state index in [9.17, 15) is 14.0 Å². The van der Waals surface area contributed by atoms with Crippen LogP contribution in [0.4, 0.5) is 4.39 Å². The molecule has 0 aromatic heterocycles. The zero-order valence-electron chi connectivity index (χ0n) is 15.8. The van der Waals surface area contributed by atoms with Crippen LogP contribution in [0.25, 0.3) is 0 Å². The summed E-state index contributed by atoms with van der Waals surface area (Å²) in [6, 6.07) is 24.0. The molecular formula is C23H21FN2O3. The van der Waals surface area contributed by atoms with Crippen LogP contribution in [-0.2, 0) is 9.59 Å². The SMILES string of the molecule is CC(Oc1ccc(F)cc1)C(=O)NNC(=O)C(c1ccccc1)c1ccccc1. The van der Waals surface area contributed by atoms with Gasteiger partial charge >= 0.3 is 0 Å². The van der Waals surface area contributed by atoms with Crippen molar-refractivity contribution >= 4 is 11.8 Å². The predicted octanol–water partition coefficient (Wildman–Crippen LogP) is 3.57. The first-order valence-corrected chi connectivity index (χ1v) is 9.16. The first-order valence-electron chi connectivity index (χ1n) is 9.16. The number of benzene rings is 3. The third-order valence-electron chi connectivity index (χ3n) is 4.33. The Morgan fingerprint density at radius 1 is 0.759 bits per heavy atom. The Morgan fingerprint density at radius 2 is 1.24 bits per heavy atom. The van der Waals surface area contributed by atoms with Crippen LogP contribution in [0.5, 0.6) is 5.75 Å². The Morgan fingerprint density at radius 3 is 1.76 bits per heavy atom. The normalized spacial score (nSPS) is 11.6. The van der Waals surface area contributed by atoms with Crippen LogP contribution in [-0.4, -0.2) is 17.9 Å². The molecule has 5 nitrogen and oxygen atoms in total.